The molecule has 0 unspecified atom stereocenters. The smallest absolute Gasteiger partial charge is 0.303 e. The molecule has 0 saturated carbocycles. The van der Waals surface area contributed by atoms with Crippen LogP contribution in [0.15, 0.2) is 30.3 Å². The van der Waals surface area contributed by atoms with Crippen LogP contribution in [0.1, 0.15) is 25.3 Å². The van der Waals surface area contributed by atoms with Gasteiger partial charge in [0.05, 0.1) is 0 Å². The lowest BCUT2D eigenvalue weighted by atomic mass is 10.1. The minimum Gasteiger partial charge on any atom is -0.481 e. The van der Waals surface area contributed by atoms with Crippen LogP contribution < -0.4 is 0 Å². The molecule has 0 saturated heterocycles. The lowest BCUT2D eigenvalue weighted by Gasteiger charge is -2.08. The van der Waals surface area contributed by atoms with E-state index < -0.39 is 5.97 Å². The van der Waals surface area contributed by atoms with Gasteiger partial charge in [-0.25, -0.2) is 0 Å². The number of hydrogen-bond donors (Lipinski definition) is 1. The maximum absolute atomic E-state index is 9.60. The van der Waals surface area contributed by atoms with E-state index >= 15 is 0 Å². The van der Waals surface area contributed by atoms with Gasteiger partial charge in [0.1, 0.15) is 0 Å². The van der Waals surface area contributed by atoms with E-state index in [1.807, 2.05) is 6.92 Å². The summed E-state index contributed by atoms with van der Waals surface area (Å²) in [6.07, 6.45) is 2.17. The Hall–Kier alpha value is -1.35. The third-order valence-electron chi connectivity index (χ3n) is 2.15. The van der Waals surface area contributed by atoms with Gasteiger partial charge in [0.25, 0.3) is 0 Å². The number of hydrogen-bond acceptors (Lipinski definition) is 2. The van der Waals surface area contributed by atoms with Gasteiger partial charge in [-0.05, 0) is 32.5 Å². The molecule has 0 aliphatic heterocycles. The largest absolute Gasteiger partial charge is 0.481 e. The summed E-state index contributed by atoms with van der Waals surface area (Å²) in [6.45, 7) is 2.97. The molecular formula is C14H23NO2. The van der Waals surface area contributed by atoms with Gasteiger partial charge >= 0.3 is 5.97 Å². The normalized spacial score (nSPS) is 9.65. The summed E-state index contributed by atoms with van der Waals surface area (Å²) in [6, 6.07) is 10.6. The Kier molecular flexibility index (Phi) is 9.06. The van der Waals surface area contributed by atoms with Crippen molar-refractivity contribution in [2.45, 2.75) is 26.2 Å². The standard InChI is InChI=1S/C10H15N.C4H8O2/c1-11(2)9-8-10-6-4-3-5-7-10;1-2-3-4(5)6/h3-7H,8-9H2,1-2H3;2-3H2,1H3,(H,5,6). The van der Waals surface area contributed by atoms with Crippen molar-refractivity contribution >= 4 is 5.97 Å². The summed E-state index contributed by atoms with van der Waals surface area (Å²) < 4.78 is 0. The van der Waals surface area contributed by atoms with Crippen LogP contribution in [0.4, 0.5) is 0 Å². The van der Waals surface area contributed by atoms with Gasteiger partial charge in [-0.3, -0.25) is 4.79 Å². The third-order valence-corrected chi connectivity index (χ3v) is 2.15. The summed E-state index contributed by atoms with van der Waals surface area (Å²) >= 11 is 0. The molecule has 0 atom stereocenters. The van der Waals surface area contributed by atoms with Crippen LogP contribution in [0.25, 0.3) is 0 Å². The van der Waals surface area contributed by atoms with Gasteiger partial charge in [-0.1, -0.05) is 37.3 Å². The molecule has 96 valence electrons. The van der Waals surface area contributed by atoms with Crippen LogP contribution in [0.5, 0.6) is 0 Å². The number of likely N-dealkylation sites (N-methyl/N-ethyl adjacent to an activating group) is 1. The summed E-state index contributed by atoms with van der Waals surface area (Å²) in [5.74, 6) is -0.711. The Balaban J connectivity index is 0.000000366. The molecule has 0 aromatic heterocycles. The number of carboxylic acids is 1. The fraction of sp³-hybridized carbons (Fsp3) is 0.500. The Morgan fingerprint density at radius 2 is 1.82 bits per heavy atom. The fourth-order valence-corrected chi connectivity index (χ4v) is 1.21. The predicted molar refractivity (Wildman–Crippen MR) is 71.2 cm³/mol. The molecule has 0 amide bonds. The van der Waals surface area contributed by atoms with E-state index in [9.17, 15) is 4.79 Å². The van der Waals surface area contributed by atoms with Crippen LogP contribution in [0.2, 0.25) is 0 Å². The Morgan fingerprint density at radius 3 is 2.18 bits per heavy atom. The van der Waals surface area contributed by atoms with Crippen LogP contribution in [-0.2, 0) is 11.2 Å². The number of carboxylic acid groups (broad SMARTS) is 1. The Labute approximate surface area is 104 Å². The van der Waals surface area contributed by atoms with Crippen molar-refractivity contribution in [2.24, 2.45) is 0 Å². The average Bonchev–Trinajstić information content (AvgIpc) is 2.28. The number of aliphatic carboxylic acids is 1. The molecule has 0 aliphatic carbocycles. The van der Waals surface area contributed by atoms with Crippen molar-refractivity contribution in [1.29, 1.82) is 0 Å². The van der Waals surface area contributed by atoms with E-state index in [-0.39, 0.29) is 0 Å². The Bertz CT molecular complexity index is 296. The van der Waals surface area contributed by atoms with Crippen LogP contribution in [0.3, 0.4) is 0 Å². The zero-order valence-corrected chi connectivity index (χ0v) is 11.0. The number of benzene rings is 1. The highest BCUT2D eigenvalue weighted by Gasteiger charge is 1.91. The lowest BCUT2D eigenvalue weighted by molar-refractivity contribution is -0.137. The van der Waals surface area contributed by atoms with E-state index in [1.165, 1.54) is 5.56 Å². The molecule has 0 aliphatic rings. The van der Waals surface area contributed by atoms with E-state index in [4.69, 9.17) is 5.11 Å². The topological polar surface area (TPSA) is 40.5 Å². The fourth-order valence-electron chi connectivity index (χ4n) is 1.21. The summed E-state index contributed by atoms with van der Waals surface area (Å²) in [5.41, 5.74) is 1.42. The van der Waals surface area contributed by atoms with Crippen LogP contribution >= 0.6 is 0 Å². The summed E-state index contributed by atoms with van der Waals surface area (Å²) in [5, 5.41) is 7.91. The first-order valence-electron chi connectivity index (χ1n) is 5.96. The molecular weight excluding hydrogens is 214 g/mol. The predicted octanol–water partition coefficient (Wildman–Crippen LogP) is 2.66. The zero-order valence-electron chi connectivity index (χ0n) is 11.0. The molecule has 0 fully saturated rings. The molecule has 0 heterocycles. The van der Waals surface area contributed by atoms with Crippen LogP contribution in [-0.4, -0.2) is 36.6 Å². The second-order valence-electron chi connectivity index (χ2n) is 4.18. The second-order valence-corrected chi connectivity index (χ2v) is 4.18. The molecule has 1 N–H and O–H groups in total. The number of carbonyl (C=O) groups is 1. The molecule has 1 rings (SSSR count). The maximum Gasteiger partial charge on any atom is 0.303 e. The van der Waals surface area contributed by atoms with E-state index in [1.54, 1.807) is 0 Å². The first kappa shape index (κ1) is 15.7. The van der Waals surface area contributed by atoms with Gasteiger partial charge in [0.2, 0.25) is 0 Å². The third kappa shape index (κ3) is 10.9. The minimum atomic E-state index is -0.711. The molecule has 3 nitrogen and oxygen atoms in total. The van der Waals surface area contributed by atoms with E-state index in [2.05, 4.69) is 49.3 Å². The number of rotatable bonds is 5. The highest BCUT2D eigenvalue weighted by molar-refractivity contribution is 5.66. The van der Waals surface area contributed by atoms with Crippen molar-refractivity contribution in [3.63, 3.8) is 0 Å². The highest BCUT2D eigenvalue weighted by Crippen LogP contribution is 1.99. The van der Waals surface area contributed by atoms with Crippen molar-refractivity contribution in [3.8, 4) is 0 Å². The van der Waals surface area contributed by atoms with Crippen LogP contribution in [0, 0.1) is 0 Å². The maximum atomic E-state index is 9.60. The quantitative estimate of drug-likeness (QED) is 0.856. The molecule has 0 bridgehead atoms. The van der Waals surface area contributed by atoms with Crippen molar-refractivity contribution < 1.29 is 9.90 Å². The van der Waals surface area contributed by atoms with Crippen molar-refractivity contribution in [3.05, 3.63) is 35.9 Å². The highest BCUT2D eigenvalue weighted by atomic mass is 16.4. The number of nitrogens with zero attached hydrogens (tertiary/aromatic N) is 1. The molecule has 0 spiro atoms. The van der Waals surface area contributed by atoms with Gasteiger partial charge in [-0.15, -0.1) is 0 Å². The summed E-state index contributed by atoms with van der Waals surface area (Å²) in [4.78, 5) is 11.8. The molecule has 1 aromatic carbocycles. The van der Waals surface area contributed by atoms with Crippen molar-refractivity contribution in [1.82, 2.24) is 4.90 Å². The van der Waals surface area contributed by atoms with E-state index in [0.717, 1.165) is 19.4 Å². The van der Waals surface area contributed by atoms with Crippen molar-refractivity contribution in [2.75, 3.05) is 20.6 Å². The second kappa shape index (κ2) is 9.85. The average molecular weight is 237 g/mol. The molecule has 1 aromatic rings. The zero-order chi connectivity index (χ0) is 13.1. The van der Waals surface area contributed by atoms with Gasteiger partial charge in [0.15, 0.2) is 0 Å². The van der Waals surface area contributed by atoms with Gasteiger partial charge in [-0.2, -0.15) is 0 Å². The SMILES string of the molecule is CCCC(=O)O.CN(C)CCc1ccccc1. The molecule has 3 heteroatoms. The van der Waals surface area contributed by atoms with E-state index in [0.29, 0.717) is 6.42 Å². The Morgan fingerprint density at radius 1 is 1.24 bits per heavy atom. The first-order chi connectivity index (χ1) is 8.06. The summed E-state index contributed by atoms with van der Waals surface area (Å²) in [7, 11) is 4.20. The first-order valence-corrected chi connectivity index (χ1v) is 5.96. The molecule has 0 radical (unpaired) electrons. The lowest BCUT2D eigenvalue weighted by Crippen LogP contribution is -2.14. The minimum absolute atomic E-state index is 0.292. The van der Waals surface area contributed by atoms with Gasteiger partial charge < -0.3 is 10.0 Å². The monoisotopic (exact) mass is 237 g/mol. The van der Waals surface area contributed by atoms with Gasteiger partial charge in [0, 0.05) is 13.0 Å². The molecule has 17 heavy (non-hydrogen) atoms.